The minimum atomic E-state index is -0.601. The molecular formula is C11H17ClN2O2S. The van der Waals surface area contributed by atoms with Crippen LogP contribution in [0, 0.1) is 0 Å². The van der Waals surface area contributed by atoms with Gasteiger partial charge in [0.05, 0.1) is 12.6 Å². The van der Waals surface area contributed by atoms with Crippen LogP contribution in [0.15, 0.2) is 16.8 Å². The molecule has 1 unspecified atom stereocenters. The molecule has 1 saturated carbocycles. The fraction of sp³-hybridized carbons (Fsp3) is 0.545. The Kier molecular flexibility index (Phi) is 5.91. The van der Waals surface area contributed by atoms with Crippen molar-refractivity contribution in [1.82, 2.24) is 10.6 Å². The molecule has 1 heterocycles. The van der Waals surface area contributed by atoms with Crippen molar-refractivity contribution in [1.29, 1.82) is 0 Å². The monoisotopic (exact) mass is 276 g/mol. The van der Waals surface area contributed by atoms with Crippen LogP contribution < -0.4 is 10.6 Å². The molecule has 1 aliphatic carbocycles. The van der Waals surface area contributed by atoms with E-state index in [4.69, 9.17) is 0 Å². The highest BCUT2D eigenvalue weighted by molar-refractivity contribution is 7.07. The molecule has 6 heteroatoms. The first-order valence-electron chi connectivity index (χ1n) is 5.46. The molecule has 0 aromatic carbocycles. The van der Waals surface area contributed by atoms with E-state index in [1.165, 1.54) is 24.2 Å². The molecule has 2 rings (SSSR count). The molecule has 1 fully saturated rings. The summed E-state index contributed by atoms with van der Waals surface area (Å²) in [6.45, 7) is 0.628. The zero-order valence-corrected chi connectivity index (χ0v) is 11.0. The normalized spacial score (nSPS) is 16.1. The first kappa shape index (κ1) is 14.4. The van der Waals surface area contributed by atoms with Crippen LogP contribution in [-0.4, -0.2) is 30.1 Å². The van der Waals surface area contributed by atoms with E-state index in [0.717, 1.165) is 5.56 Å². The van der Waals surface area contributed by atoms with Gasteiger partial charge in [-0.05, 0) is 35.2 Å². The number of rotatable bonds is 6. The van der Waals surface area contributed by atoms with Gasteiger partial charge in [0.1, 0.15) is 0 Å². The Balaban J connectivity index is 0.00000144. The highest BCUT2D eigenvalue weighted by Crippen LogP contribution is 2.18. The Bertz CT molecular complexity index is 341. The molecule has 96 valence electrons. The Morgan fingerprint density at radius 2 is 2.35 bits per heavy atom. The number of hydrogen-bond acceptors (Lipinski definition) is 4. The van der Waals surface area contributed by atoms with Gasteiger partial charge in [-0.2, -0.15) is 11.3 Å². The third-order valence-electron chi connectivity index (χ3n) is 2.55. The number of carbonyl (C=O) groups is 1. The van der Waals surface area contributed by atoms with E-state index in [9.17, 15) is 9.90 Å². The summed E-state index contributed by atoms with van der Waals surface area (Å²) in [5.41, 5.74) is 0.862. The van der Waals surface area contributed by atoms with Crippen LogP contribution in [0.2, 0.25) is 0 Å². The van der Waals surface area contributed by atoms with Gasteiger partial charge in [0, 0.05) is 12.6 Å². The molecule has 0 spiro atoms. The number of amides is 1. The summed E-state index contributed by atoms with van der Waals surface area (Å²) in [6.07, 6.45) is 1.74. The zero-order chi connectivity index (χ0) is 11.4. The van der Waals surface area contributed by atoms with Gasteiger partial charge in [0.25, 0.3) is 0 Å². The fourth-order valence-electron chi connectivity index (χ4n) is 1.38. The lowest BCUT2D eigenvalue weighted by Gasteiger charge is -2.10. The third-order valence-corrected chi connectivity index (χ3v) is 3.25. The van der Waals surface area contributed by atoms with Crippen molar-refractivity contribution in [2.45, 2.75) is 25.0 Å². The van der Waals surface area contributed by atoms with Crippen molar-refractivity contribution < 1.29 is 9.90 Å². The van der Waals surface area contributed by atoms with Crippen LogP contribution in [0.1, 0.15) is 24.5 Å². The number of nitrogens with one attached hydrogen (secondary N) is 2. The predicted octanol–water partition coefficient (Wildman–Crippen LogP) is 1.07. The quantitative estimate of drug-likeness (QED) is 0.728. The molecule has 1 aromatic rings. The number of halogens is 1. The van der Waals surface area contributed by atoms with Crippen LogP contribution in [-0.2, 0) is 4.79 Å². The summed E-state index contributed by atoms with van der Waals surface area (Å²) in [5.74, 6) is -0.0545. The zero-order valence-electron chi connectivity index (χ0n) is 9.39. The molecule has 1 atom stereocenters. The van der Waals surface area contributed by atoms with Crippen molar-refractivity contribution in [3.05, 3.63) is 22.4 Å². The maximum Gasteiger partial charge on any atom is 0.234 e. The second-order valence-corrected chi connectivity index (χ2v) is 4.81. The first-order chi connectivity index (χ1) is 7.75. The Morgan fingerprint density at radius 1 is 1.59 bits per heavy atom. The van der Waals surface area contributed by atoms with Crippen molar-refractivity contribution in [2.75, 3.05) is 13.1 Å². The maximum absolute atomic E-state index is 11.4. The highest BCUT2D eigenvalue weighted by atomic mass is 35.5. The molecule has 4 nitrogen and oxygen atoms in total. The predicted molar refractivity (Wildman–Crippen MR) is 70.6 cm³/mol. The van der Waals surface area contributed by atoms with E-state index in [1.54, 1.807) is 0 Å². The van der Waals surface area contributed by atoms with Crippen molar-refractivity contribution >= 4 is 29.7 Å². The largest absolute Gasteiger partial charge is 0.387 e. The van der Waals surface area contributed by atoms with E-state index in [0.29, 0.717) is 12.6 Å². The van der Waals surface area contributed by atoms with Crippen LogP contribution in [0.4, 0.5) is 0 Å². The van der Waals surface area contributed by atoms with Crippen molar-refractivity contribution in [3.8, 4) is 0 Å². The average Bonchev–Trinajstić information content (AvgIpc) is 2.95. The molecule has 1 amide bonds. The summed E-state index contributed by atoms with van der Waals surface area (Å²) < 4.78 is 0. The summed E-state index contributed by atoms with van der Waals surface area (Å²) in [5, 5.41) is 19.3. The summed E-state index contributed by atoms with van der Waals surface area (Å²) in [6, 6.07) is 2.40. The number of carbonyl (C=O) groups excluding carboxylic acids is 1. The minimum Gasteiger partial charge on any atom is -0.387 e. The molecule has 1 aromatic heterocycles. The molecule has 0 radical (unpaired) electrons. The lowest BCUT2D eigenvalue weighted by molar-refractivity contribution is -0.120. The molecule has 1 aliphatic rings. The molecular weight excluding hydrogens is 260 g/mol. The molecule has 0 aliphatic heterocycles. The number of aliphatic hydroxyl groups excluding tert-OH is 1. The smallest absolute Gasteiger partial charge is 0.234 e. The lowest BCUT2D eigenvalue weighted by atomic mass is 10.2. The second kappa shape index (κ2) is 6.96. The van der Waals surface area contributed by atoms with Gasteiger partial charge in [-0.3, -0.25) is 4.79 Å². The topological polar surface area (TPSA) is 61.4 Å². The fourth-order valence-corrected chi connectivity index (χ4v) is 2.09. The van der Waals surface area contributed by atoms with Crippen LogP contribution >= 0.6 is 23.7 Å². The highest BCUT2D eigenvalue weighted by Gasteiger charge is 2.21. The number of aliphatic hydroxyl groups is 1. The van der Waals surface area contributed by atoms with Gasteiger partial charge >= 0.3 is 0 Å². The Hall–Kier alpha value is -0.620. The van der Waals surface area contributed by atoms with Crippen molar-refractivity contribution in [3.63, 3.8) is 0 Å². The van der Waals surface area contributed by atoms with Gasteiger partial charge in [0.2, 0.25) is 5.91 Å². The van der Waals surface area contributed by atoms with Gasteiger partial charge in [-0.25, -0.2) is 0 Å². The molecule has 0 bridgehead atoms. The standard InChI is InChI=1S/C11H16N2O2S.ClH/c14-10(8-3-4-16-7-8)5-13-11(15)6-12-9-1-2-9;/h3-4,7,9-10,12,14H,1-2,5-6H2,(H,13,15);1H. The Morgan fingerprint density at radius 3 is 2.94 bits per heavy atom. The molecule has 17 heavy (non-hydrogen) atoms. The Labute approximate surface area is 111 Å². The lowest BCUT2D eigenvalue weighted by Crippen LogP contribution is -2.36. The second-order valence-electron chi connectivity index (χ2n) is 4.03. The van der Waals surface area contributed by atoms with E-state index >= 15 is 0 Å². The maximum atomic E-state index is 11.4. The van der Waals surface area contributed by atoms with Crippen LogP contribution in [0.3, 0.4) is 0 Å². The molecule has 3 N–H and O–H groups in total. The van der Waals surface area contributed by atoms with Crippen LogP contribution in [0.5, 0.6) is 0 Å². The third kappa shape index (κ3) is 5.04. The van der Waals surface area contributed by atoms with Gasteiger partial charge in [-0.1, -0.05) is 0 Å². The summed E-state index contributed by atoms with van der Waals surface area (Å²) >= 11 is 1.54. The first-order valence-corrected chi connectivity index (χ1v) is 6.40. The van der Waals surface area contributed by atoms with Gasteiger partial charge < -0.3 is 15.7 Å². The van der Waals surface area contributed by atoms with Crippen molar-refractivity contribution in [2.24, 2.45) is 0 Å². The number of thiophene rings is 1. The van der Waals surface area contributed by atoms with Gasteiger partial charge in [-0.15, -0.1) is 12.4 Å². The minimum absolute atomic E-state index is 0. The van der Waals surface area contributed by atoms with Crippen LogP contribution in [0.25, 0.3) is 0 Å². The van der Waals surface area contributed by atoms with Gasteiger partial charge in [0.15, 0.2) is 0 Å². The molecule has 0 saturated heterocycles. The van der Waals surface area contributed by atoms with E-state index in [-0.39, 0.29) is 24.9 Å². The average molecular weight is 277 g/mol. The SMILES string of the molecule is Cl.O=C(CNC1CC1)NCC(O)c1ccsc1. The van der Waals surface area contributed by atoms with E-state index in [1.807, 2.05) is 16.8 Å². The van der Waals surface area contributed by atoms with E-state index in [2.05, 4.69) is 10.6 Å². The number of hydrogen-bond donors (Lipinski definition) is 3. The summed E-state index contributed by atoms with van der Waals surface area (Å²) in [4.78, 5) is 11.4. The summed E-state index contributed by atoms with van der Waals surface area (Å²) in [7, 11) is 0. The van der Waals surface area contributed by atoms with E-state index < -0.39 is 6.10 Å².